The zero-order valence-electron chi connectivity index (χ0n) is 22.0. The van der Waals surface area contributed by atoms with E-state index >= 15 is 0 Å². The van der Waals surface area contributed by atoms with Crippen LogP contribution in [-0.2, 0) is 12.0 Å². The molecule has 2 aromatic rings. The van der Waals surface area contributed by atoms with Crippen molar-refractivity contribution < 1.29 is 9.59 Å². The maximum absolute atomic E-state index is 13.3. The molecule has 196 valence electrons. The zero-order chi connectivity index (χ0) is 26.7. The Morgan fingerprint density at radius 2 is 1.74 bits per heavy atom. The Morgan fingerprint density at radius 3 is 2.26 bits per heavy atom. The molecule has 2 unspecified atom stereocenters. The van der Waals surface area contributed by atoms with Crippen LogP contribution in [0.3, 0.4) is 0 Å². The second-order valence-corrected chi connectivity index (χ2v) is 8.69. The largest absolute Gasteiger partial charge is 0.382 e. The molecule has 1 aromatic carbocycles. The molecule has 1 N–H and O–H groups in total. The van der Waals surface area contributed by atoms with E-state index in [-0.39, 0.29) is 12.5 Å². The highest BCUT2D eigenvalue weighted by atomic mass is 35.5. The van der Waals surface area contributed by atoms with Crippen molar-refractivity contribution in [2.45, 2.75) is 77.9 Å². The Kier molecular flexibility index (Phi) is 18.4. The van der Waals surface area contributed by atoms with E-state index in [1.165, 1.54) is 24.6 Å². The fraction of sp³-hybridized carbons (Fsp3) is 0.500. The summed E-state index contributed by atoms with van der Waals surface area (Å²) >= 11 is 10.8. The van der Waals surface area contributed by atoms with E-state index in [4.69, 9.17) is 11.6 Å². The smallest absolute Gasteiger partial charge is 0.159 e. The SMILES string of the molecule is CC/C=C\C(=C/CC)Cc1ccccc1Cl.CCCC(CC(C)(O)c1ncccn1)N(C)F.CCl. The van der Waals surface area contributed by atoms with Gasteiger partial charge in [-0.25, -0.2) is 9.97 Å². The topological polar surface area (TPSA) is 49.3 Å². The van der Waals surface area contributed by atoms with Gasteiger partial charge in [0.25, 0.3) is 0 Å². The number of aliphatic hydroxyl groups is 1. The highest BCUT2D eigenvalue weighted by Crippen LogP contribution is 2.26. The predicted octanol–water partition coefficient (Wildman–Crippen LogP) is 8.10. The van der Waals surface area contributed by atoms with Crippen molar-refractivity contribution in [3.8, 4) is 0 Å². The Morgan fingerprint density at radius 1 is 1.11 bits per heavy atom. The minimum atomic E-state index is -1.21. The summed E-state index contributed by atoms with van der Waals surface area (Å²) in [6, 6.07) is 9.41. The Hall–Kier alpha value is -1.79. The summed E-state index contributed by atoms with van der Waals surface area (Å²) < 4.78 is 13.3. The van der Waals surface area contributed by atoms with Crippen LogP contribution in [0.4, 0.5) is 4.48 Å². The summed E-state index contributed by atoms with van der Waals surface area (Å²) in [5.41, 5.74) is 1.34. The van der Waals surface area contributed by atoms with Gasteiger partial charge in [0.2, 0.25) is 0 Å². The van der Waals surface area contributed by atoms with Crippen LogP contribution >= 0.6 is 23.2 Å². The normalized spacial score (nSPS) is 14.0. The van der Waals surface area contributed by atoms with E-state index in [2.05, 4.69) is 59.7 Å². The Balaban J connectivity index is 0.000000618. The van der Waals surface area contributed by atoms with Crippen LogP contribution in [-0.4, -0.2) is 39.7 Å². The van der Waals surface area contributed by atoms with Crippen molar-refractivity contribution in [3.05, 3.63) is 82.9 Å². The van der Waals surface area contributed by atoms with Crippen molar-refractivity contribution in [3.63, 3.8) is 0 Å². The summed E-state index contributed by atoms with van der Waals surface area (Å²) in [6.07, 6.45) is 16.2. The minimum absolute atomic E-state index is 0.276. The molecule has 2 rings (SSSR count). The third kappa shape index (κ3) is 13.8. The molecule has 0 fully saturated rings. The summed E-state index contributed by atoms with van der Waals surface area (Å²) in [4.78, 5) is 8.04. The van der Waals surface area contributed by atoms with Crippen LogP contribution in [0.1, 0.15) is 71.2 Å². The van der Waals surface area contributed by atoms with Crippen LogP contribution in [0, 0.1) is 0 Å². The van der Waals surface area contributed by atoms with Crippen LogP contribution in [0.15, 0.2) is 66.5 Å². The first-order chi connectivity index (χ1) is 16.7. The molecule has 7 heteroatoms. The molecule has 0 aliphatic rings. The zero-order valence-corrected chi connectivity index (χ0v) is 23.5. The summed E-state index contributed by atoms with van der Waals surface area (Å²) in [5, 5.41) is 11.8. The van der Waals surface area contributed by atoms with E-state index in [0.29, 0.717) is 17.4 Å². The van der Waals surface area contributed by atoms with Gasteiger partial charge in [-0.05, 0) is 55.9 Å². The summed E-state index contributed by atoms with van der Waals surface area (Å²) in [5.74, 6) is 0.336. The third-order valence-electron chi connectivity index (χ3n) is 5.19. The number of rotatable bonds is 11. The van der Waals surface area contributed by atoms with Crippen molar-refractivity contribution in [1.82, 2.24) is 15.1 Å². The molecule has 0 aliphatic heterocycles. The second-order valence-electron chi connectivity index (χ2n) is 8.28. The average molecular weight is 527 g/mol. The number of halogens is 3. The van der Waals surface area contributed by atoms with Crippen LogP contribution in [0.2, 0.25) is 5.02 Å². The highest BCUT2D eigenvalue weighted by molar-refractivity contribution is 6.31. The van der Waals surface area contributed by atoms with Gasteiger partial charge >= 0.3 is 0 Å². The average Bonchev–Trinajstić information content (AvgIpc) is 2.86. The van der Waals surface area contributed by atoms with Gasteiger partial charge in [-0.15, -0.1) is 21.2 Å². The van der Waals surface area contributed by atoms with E-state index in [0.717, 1.165) is 30.7 Å². The maximum atomic E-state index is 13.3. The fourth-order valence-corrected chi connectivity index (χ4v) is 3.66. The first-order valence-electron chi connectivity index (χ1n) is 12.1. The number of hydrogen-bond donors (Lipinski definition) is 1. The van der Waals surface area contributed by atoms with Gasteiger partial charge in [0.1, 0.15) is 5.60 Å². The van der Waals surface area contributed by atoms with Gasteiger partial charge in [-0.1, -0.05) is 75.2 Å². The number of hydrogen-bond acceptors (Lipinski definition) is 4. The quantitative estimate of drug-likeness (QED) is 0.183. The second kappa shape index (κ2) is 19.4. The van der Waals surface area contributed by atoms with Gasteiger partial charge in [0, 0.05) is 43.3 Å². The first-order valence-corrected chi connectivity index (χ1v) is 13.2. The lowest BCUT2D eigenvalue weighted by atomic mass is 9.93. The van der Waals surface area contributed by atoms with Crippen molar-refractivity contribution in [2.75, 3.05) is 13.4 Å². The van der Waals surface area contributed by atoms with E-state index in [1.807, 2.05) is 25.1 Å². The van der Waals surface area contributed by atoms with E-state index < -0.39 is 5.60 Å². The monoisotopic (exact) mass is 525 g/mol. The molecule has 0 bridgehead atoms. The molecule has 2 atom stereocenters. The van der Waals surface area contributed by atoms with Crippen molar-refractivity contribution in [2.24, 2.45) is 0 Å². The van der Waals surface area contributed by atoms with Gasteiger partial charge < -0.3 is 5.11 Å². The third-order valence-corrected chi connectivity index (χ3v) is 5.56. The highest BCUT2D eigenvalue weighted by Gasteiger charge is 2.31. The van der Waals surface area contributed by atoms with Crippen molar-refractivity contribution >= 4 is 23.2 Å². The van der Waals surface area contributed by atoms with Gasteiger partial charge in [-0.2, -0.15) is 0 Å². The minimum Gasteiger partial charge on any atom is -0.382 e. The number of benzene rings is 1. The molecule has 0 aliphatic carbocycles. The lowest BCUT2D eigenvalue weighted by Crippen LogP contribution is -2.35. The first kappa shape index (κ1) is 33.2. The molecule has 0 amide bonds. The number of aromatic nitrogens is 2. The van der Waals surface area contributed by atoms with E-state index in [9.17, 15) is 9.59 Å². The van der Waals surface area contributed by atoms with Gasteiger partial charge in [0.15, 0.2) is 5.82 Å². The molecule has 1 heterocycles. The van der Waals surface area contributed by atoms with E-state index in [1.54, 1.807) is 25.4 Å². The molecule has 0 saturated carbocycles. The molecule has 35 heavy (non-hydrogen) atoms. The predicted molar refractivity (Wildman–Crippen MR) is 149 cm³/mol. The van der Waals surface area contributed by atoms with Crippen molar-refractivity contribution in [1.29, 1.82) is 0 Å². The standard InChI is InChI=1S/C15H19Cl.C12H20FN3O.CH3Cl/c1-3-5-9-13(8-4-2)12-14-10-6-7-11-15(14)16;1-4-6-10(16(3)13)9-12(2,17)11-14-7-5-8-15-11;1-2/h5-11H,3-4,12H2,1-2H3;5,7-8,10,17H,4,6,9H2,1-3H3;1H3/b9-5-,13-8+;;. The number of allylic oxidation sites excluding steroid dienone is 4. The molecule has 4 nitrogen and oxygen atoms in total. The van der Waals surface area contributed by atoms with Gasteiger partial charge in [-0.3, -0.25) is 0 Å². The number of alkyl halides is 1. The van der Waals surface area contributed by atoms with Crippen LogP contribution < -0.4 is 0 Å². The Labute approximate surface area is 221 Å². The number of nitrogens with zero attached hydrogens (tertiary/aromatic N) is 3. The maximum Gasteiger partial charge on any atom is 0.159 e. The van der Waals surface area contributed by atoms with Crippen LogP contribution in [0.25, 0.3) is 0 Å². The van der Waals surface area contributed by atoms with Crippen LogP contribution in [0.5, 0.6) is 0 Å². The molecular weight excluding hydrogens is 484 g/mol. The summed E-state index contributed by atoms with van der Waals surface area (Å²) in [6.45, 7) is 7.92. The fourth-order valence-electron chi connectivity index (χ4n) is 3.46. The molecule has 0 saturated heterocycles. The lowest BCUT2D eigenvalue weighted by molar-refractivity contribution is -0.0510. The molecule has 1 aromatic heterocycles. The summed E-state index contributed by atoms with van der Waals surface area (Å²) in [7, 11) is 1.38. The molecular formula is C28H42Cl2FN3O. The van der Waals surface area contributed by atoms with Gasteiger partial charge in [0.05, 0.1) is 0 Å². The molecule has 0 spiro atoms. The Bertz CT molecular complexity index is 858. The lowest BCUT2D eigenvalue weighted by Gasteiger charge is -2.28. The molecule has 0 radical (unpaired) electrons.